The standard InChI is InChI=1S/C27H19F2N7O/c1-2-23(37)32-15-9-14(12-30-13-15)17-10-18-22(11-20(17)29)35-36-25(18)27-33-21-7-8-31-24(26(21)34-27)16-5-3-4-6-19(16)28/h3-13H,2H2,1H3,(H,32,37)(H,33,34)(H,35,36). The molecule has 0 aliphatic carbocycles. The van der Waals surface area contributed by atoms with Crippen LogP contribution in [0, 0.1) is 11.6 Å². The van der Waals surface area contributed by atoms with Crippen LogP contribution < -0.4 is 5.32 Å². The fraction of sp³-hybridized carbons (Fsp3) is 0.0741. The van der Waals surface area contributed by atoms with Crippen LogP contribution in [0.4, 0.5) is 14.5 Å². The molecule has 6 rings (SSSR count). The summed E-state index contributed by atoms with van der Waals surface area (Å²) in [6, 6.07) is 12.8. The second-order valence-electron chi connectivity index (χ2n) is 8.43. The van der Waals surface area contributed by atoms with Gasteiger partial charge in [0.1, 0.15) is 28.5 Å². The summed E-state index contributed by atoms with van der Waals surface area (Å²) in [5.41, 5.74) is 4.10. The third-order valence-electron chi connectivity index (χ3n) is 6.06. The van der Waals surface area contributed by atoms with Crippen LogP contribution in [0.5, 0.6) is 0 Å². The Morgan fingerprint density at radius 2 is 1.84 bits per heavy atom. The number of nitrogens with one attached hydrogen (secondary N) is 3. The highest BCUT2D eigenvalue weighted by Gasteiger charge is 2.19. The molecule has 10 heteroatoms. The third-order valence-corrected chi connectivity index (χ3v) is 6.06. The maximum Gasteiger partial charge on any atom is 0.224 e. The highest BCUT2D eigenvalue weighted by atomic mass is 19.1. The number of amides is 1. The molecule has 0 unspecified atom stereocenters. The van der Waals surface area contributed by atoms with Gasteiger partial charge < -0.3 is 10.3 Å². The number of fused-ring (bicyclic) bond motifs is 2. The average molecular weight is 495 g/mol. The number of carbonyl (C=O) groups is 1. The second-order valence-corrected chi connectivity index (χ2v) is 8.43. The molecule has 0 spiro atoms. The first-order valence-electron chi connectivity index (χ1n) is 11.5. The van der Waals surface area contributed by atoms with E-state index in [0.717, 1.165) is 0 Å². The van der Waals surface area contributed by atoms with Crippen molar-refractivity contribution in [2.24, 2.45) is 0 Å². The number of pyridine rings is 2. The Labute approximate surface area is 208 Å². The Bertz CT molecular complexity index is 1810. The van der Waals surface area contributed by atoms with Crippen LogP contribution in [0.15, 0.2) is 67.1 Å². The number of aromatic amines is 2. The molecule has 1 amide bonds. The highest BCUT2D eigenvalue weighted by molar-refractivity contribution is 5.98. The molecular weight excluding hydrogens is 476 g/mol. The van der Waals surface area contributed by atoms with Crippen LogP contribution in [0.1, 0.15) is 13.3 Å². The monoisotopic (exact) mass is 495 g/mol. The van der Waals surface area contributed by atoms with Gasteiger partial charge in [0.05, 0.1) is 22.9 Å². The Morgan fingerprint density at radius 1 is 0.973 bits per heavy atom. The molecule has 2 aromatic carbocycles. The average Bonchev–Trinajstić information content (AvgIpc) is 3.52. The number of H-pyrrole nitrogens is 2. The quantitative estimate of drug-likeness (QED) is 0.277. The molecule has 0 radical (unpaired) electrons. The van der Waals surface area contributed by atoms with Gasteiger partial charge in [-0.1, -0.05) is 19.1 Å². The van der Waals surface area contributed by atoms with Crippen LogP contribution in [-0.4, -0.2) is 36.0 Å². The lowest BCUT2D eigenvalue weighted by molar-refractivity contribution is -0.115. The molecule has 6 aromatic rings. The summed E-state index contributed by atoms with van der Waals surface area (Å²) in [6.45, 7) is 1.74. The van der Waals surface area contributed by atoms with E-state index in [1.165, 1.54) is 24.5 Å². The zero-order chi connectivity index (χ0) is 25.5. The zero-order valence-corrected chi connectivity index (χ0v) is 19.5. The summed E-state index contributed by atoms with van der Waals surface area (Å²) in [7, 11) is 0. The van der Waals surface area contributed by atoms with E-state index in [2.05, 4.69) is 35.5 Å². The molecule has 0 bridgehead atoms. The third kappa shape index (κ3) is 3.98. The first kappa shape index (κ1) is 22.5. The fourth-order valence-electron chi connectivity index (χ4n) is 4.24. The van der Waals surface area contributed by atoms with Gasteiger partial charge in [0.2, 0.25) is 5.91 Å². The van der Waals surface area contributed by atoms with Gasteiger partial charge in [-0.15, -0.1) is 0 Å². The number of nitrogens with zero attached hydrogens (tertiary/aromatic N) is 4. The molecule has 0 aliphatic heterocycles. The largest absolute Gasteiger partial charge is 0.336 e. The smallest absolute Gasteiger partial charge is 0.224 e. The summed E-state index contributed by atoms with van der Waals surface area (Å²) in [6.07, 6.45) is 4.93. The predicted octanol–water partition coefficient (Wildman–Crippen LogP) is 5.86. The summed E-state index contributed by atoms with van der Waals surface area (Å²) in [4.78, 5) is 28.2. The second kappa shape index (κ2) is 8.90. The van der Waals surface area contributed by atoms with Crippen molar-refractivity contribution >= 4 is 33.5 Å². The molecule has 0 saturated carbocycles. The molecule has 37 heavy (non-hydrogen) atoms. The summed E-state index contributed by atoms with van der Waals surface area (Å²) in [5, 5.41) is 10.6. The first-order valence-corrected chi connectivity index (χ1v) is 11.5. The Hall–Kier alpha value is -4.99. The number of hydrogen-bond donors (Lipinski definition) is 3. The van der Waals surface area contributed by atoms with Crippen LogP contribution >= 0.6 is 0 Å². The maximum absolute atomic E-state index is 15.1. The normalized spacial score (nSPS) is 11.3. The van der Waals surface area contributed by atoms with E-state index < -0.39 is 11.6 Å². The number of carbonyl (C=O) groups excluding carboxylic acids is 1. The molecule has 182 valence electrons. The van der Waals surface area contributed by atoms with Crippen molar-refractivity contribution in [3.8, 4) is 33.9 Å². The number of halogens is 2. The number of benzene rings is 2. The highest BCUT2D eigenvalue weighted by Crippen LogP contribution is 2.34. The van der Waals surface area contributed by atoms with Crippen LogP contribution in [0.3, 0.4) is 0 Å². The van der Waals surface area contributed by atoms with E-state index >= 15 is 4.39 Å². The van der Waals surface area contributed by atoms with E-state index in [1.807, 2.05) is 0 Å². The van der Waals surface area contributed by atoms with Crippen molar-refractivity contribution in [1.82, 2.24) is 30.1 Å². The van der Waals surface area contributed by atoms with Crippen molar-refractivity contribution in [3.63, 3.8) is 0 Å². The minimum Gasteiger partial charge on any atom is -0.336 e. The van der Waals surface area contributed by atoms with Gasteiger partial charge in [-0.05, 0) is 30.3 Å². The number of anilines is 1. The molecule has 0 atom stereocenters. The zero-order valence-electron chi connectivity index (χ0n) is 19.5. The van der Waals surface area contributed by atoms with Crippen LogP contribution in [0.25, 0.3) is 55.8 Å². The van der Waals surface area contributed by atoms with Crippen molar-refractivity contribution in [2.75, 3.05) is 5.32 Å². The van der Waals surface area contributed by atoms with E-state index in [-0.39, 0.29) is 5.91 Å². The number of hydrogen-bond acceptors (Lipinski definition) is 5. The van der Waals surface area contributed by atoms with Gasteiger partial charge in [0.15, 0.2) is 5.82 Å². The van der Waals surface area contributed by atoms with Crippen molar-refractivity contribution in [1.29, 1.82) is 0 Å². The predicted molar refractivity (Wildman–Crippen MR) is 136 cm³/mol. The van der Waals surface area contributed by atoms with E-state index in [4.69, 9.17) is 0 Å². The Balaban J connectivity index is 1.47. The summed E-state index contributed by atoms with van der Waals surface area (Å²) in [5.74, 6) is -0.616. The molecule has 4 aromatic heterocycles. The molecule has 4 heterocycles. The topological polar surface area (TPSA) is 112 Å². The van der Waals surface area contributed by atoms with Crippen LogP contribution in [0.2, 0.25) is 0 Å². The van der Waals surface area contributed by atoms with E-state index in [1.54, 1.807) is 49.5 Å². The molecule has 8 nitrogen and oxygen atoms in total. The number of rotatable bonds is 5. The minimum absolute atomic E-state index is 0.166. The molecule has 3 N–H and O–H groups in total. The van der Waals surface area contributed by atoms with E-state index in [9.17, 15) is 9.18 Å². The van der Waals surface area contributed by atoms with Gasteiger partial charge in [-0.3, -0.25) is 19.9 Å². The number of aromatic nitrogens is 6. The van der Waals surface area contributed by atoms with Gasteiger partial charge in [-0.2, -0.15) is 5.10 Å². The van der Waals surface area contributed by atoms with Crippen molar-refractivity contribution in [2.45, 2.75) is 13.3 Å². The van der Waals surface area contributed by atoms with E-state index in [0.29, 0.717) is 67.9 Å². The Kier molecular flexibility index (Phi) is 5.41. The summed E-state index contributed by atoms with van der Waals surface area (Å²) < 4.78 is 29.6. The molecule has 0 saturated heterocycles. The molecule has 0 fully saturated rings. The SMILES string of the molecule is CCC(=O)Nc1cncc(-c2cc3c(-c4nc5c(-c6ccccc6F)nccc5[nH]4)n[nH]c3cc2F)c1. The minimum atomic E-state index is -0.473. The van der Waals surface area contributed by atoms with Crippen molar-refractivity contribution < 1.29 is 13.6 Å². The van der Waals surface area contributed by atoms with Gasteiger partial charge in [0, 0.05) is 47.0 Å². The summed E-state index contributed by atoms with van der Waals surface area (Å²) >= 11 is 0. The van der Waals surface area contributed by atoms with Crippen LogP contribution in [-0.2, 0) is 4.79 Å². The molecule has 0 aliphatic rings. The van der Waals surface area contributed by atoms with Gasteiger partial charge in [-0.25, -0.2) is 13.8 Å². The van der Waals surface area contributed by atoms with Crippen molar-refractivity contribution in [3.05, 3.63) is 78.8 Å². The van der Waals surface area contributed by atoms with Gasteiger partial charge >= 0.3 is 0 Å². The fourth-order valence-corrected chi connectivity index (χ4v) is 4.24. The lowest BCUT2D eigenvalue weighted by Crippen LogP contribution is -2.09. The Morgan fingerprint density at radius 3 is 2.68 bits per heavy atom. The lowest BCUT2D eigenvalue weighted by atomic mass is 10.0. The number of imidazole rings is 1. The lowest BCUT2D eigenvalue weighted by Gasteiger charge is -2.08. The first-order chi connectivity index (χ1) is 18.0. The maximum atomic E-state index is 15.1. The molecular formula is C27H19F2N7O. The van der Waals surface area contributed by atoms with Gasteiger partial charge in [0.25, 0.3) is 0 Å².